The first-order chi connectivity index (χ1) is 16.7. The lowest BCUT2D eigenvalue weighted by atomic mass is 9.78. The summed E-state index contributed by atoms with van der Waals surface area (Å²) < 4.78 is 40.1. The van der Waals surface area contributed by atoms with E-state index in [2.05, 4.69) is 4.98 Å². The summed E-state index contributed by atoms with van der Waals surface area (Å²) in [5, 5.41) is 9.02. The van der Waals surface area contributed by atoms with Crippen LogP contribution in [0.15, 0.2) is 42.7 Å². The number of carbonyl (C=O) groups excluding carboxylic acids is 2. The molecular weight excluding hydrogens is 459 g/mol. The summed E-state index contributed by atoms with van der Waals surface area (Å²) in [6.45, 7) is 1.76. The molecular formula is C25H26F3N5O2. The Morgan fingerprint density at radius 2 is 1.80 bits per heavy atom. The van der Waals surface area contributed by atoms with Crippen molar-refractivity contribution in [2.75, 3.05) is 31.1 Å². The number of primary amides is 1. The molecule has 4 rings (SSSR count). The number of nitrogens with two attached hydrogens (primary N) is 1. The summed E-state index contributed by atoms with van der Waals surface area (Å²) in [7, 11) is 0. The van der Waals surface area contributed by atoms with Crippen molar-refractivity contribution < 1.29 is 22.8 Å². The third-order valence-electron chi connectivity index (χ3n) is 7.13. The lowest BCUT2D eigenvalue weighted by Crippen LogP contribution is -2.40. The number of hydrogen-bond acceptors (Lipinski definition) is 5. The van der Waals surface area contributed by atoms with Crippen molar-refractivity contribution in [3.63, 3.8) is 0 Å². The van der Waals surface area contributed by atoms with Crippen LogP contribution in [-0.2, 0) is 22.2 Å². The van der Waals surface area contributed by atoms with Crippen molar-refractivity contribution >= 4 is 17.5 Å². The van der Waals surface area contributed by atoms with Gasteiger partial charge in [0, 0.05) is 44.3 Å². The number of benzene rings is 1. The molecule has 1 aromatic heterocycles. The predicted octanol–water partition coefficient (Wildman–Crippen LogP) is 2.99. The Morgan fingerprint density at radius 1 is 1.11 bits per heavy atom. The maximum absolute atomic E-state index is 13.4. The van der Waals surface area contributed by atoms with Crippen LogP contribution in [0.3, 0.4) is 0 Å². The Balaban J connectivity index is 1.42. The number of halogens is 3. The van der Waals surface area contributed by atoms with E-state index < -0.39 is 29.1 Å². The van der Waals surface area contributed by atoms with Crippen molar-refractivity contribution in [1.82, 2.24) is 9.88 Å². The van der Waals surface area contributed by atoms with Crippen molar-refractivity contribution in [3.05, 3.63) is 59.4 Å². The van der Waals surface area contributed by atoms with Gasteiger partial charge in [-0.15, -0.1) is 0 Å². The van der Waals surface area contributed by atoms with Gasteiger partial charge in [0.1, 0.15) is 0 Å². The summed E-state index contributed by atoms with van der Waals surface area (Å²) in [6.07, 6.45) is 0.204. The Labute approximate surface area is 201 Å². The zero-order valence-corrected chi connectivity index (χ0v) is 19.0. The standard InChI is InChI=1S/C25H26F3N5O2/c26-25(27,28)22-12-19(2-1-18(22)13-29)32-9-5-17(6-10-32)20-14-33(15-21(20)24(30)35)23(34)11-16-3-7-31-8-4-16/h1-4,7-8,12,17,20-21H,5-6,9-11,14-15H2,(H2,30,35). The summed E-state index contributed by atoms with van der Waals surface area (Å²) in [6, 6.07) is 8.93. The van der Waals surface area contributed by atoms with Crippen LogP contribution >= 0.6 is 0 Å². The largest absolute Gasteiger partial charge is 0.417 e. The molecule has 1 aromatic carbocycles. The molecule has 184 valence electrons. The number of anilines is 1. The number of carbonyl (C=O) groups is 2. The first-order valence-corrected chi connectivity index (χ1v) is 11.5. The lowest BCUT2D eigenvalue weighted by molar-refractivity contribution is -0.137. The third kappa shape index (κ3) is 5.39. The number of piperidine rings is 1. The van der Waals surface area contributed by atoms with Crippen LogP contribution in [0.2, 0.25) is 0 Å². The molecule has 2 aliphatic heterocycles. The van der Waals surface area contributed by atoms with E-state index in [1.807, 2.05) is 4.90 Å². The van der Waals surface area contributed by atoms with Gasteiger partial charge >= 0.3 is 6.18 Å². The fourth-order valence-electron chi connectivity index (χ4n) is 5.25. The third-order valence-corrected chi connectivity index (χ3v) is 7.13. The van der Waals surface area contributed by atoms with Gasteiger partial charge in [0.25, 0.3) is 0 Å². The highest BCUT2D eigenvalue weighted by molar-refractivity contribution is 5.82. The Hall–Kier alpha value is -3.61. The zero-order chi connectivity index (χ0) is 25.2. The molecule has 7 nitrogen and oxygen atoms in total. The number of nitrogens with zero attached hydrogens (tertiary/aromatic N) is 4. The number of rotatable bonds is 5. The van der Waals surface area contributed by atoms with Gasteiger partial charge in [0.15, 0.2) is 0 Å². The number of amides is 2. The van der Waals surface area contributed by atoms with Crippen LogP contribution in [0, 0.1) is 29.1 Å². The summed E-state index contributed by atoms with van der Waals surface area (Å²) in [4.78, 5) is 32.6. The van der Waals surface area contributed by atoms with Gasteiger partial charge in [-0.1, -0.05) is 0 Å². The van der Waals surface area contributed by atoms with E-state index in [1.165, 1.54) is 12.1 Å². The van der Waals surface area contributed by atoms with Gasteiger partial charge in [-0.05, 0) is 60.6 Å². The highest BCUT2D eigenvalue weighted by Gasteiger charge is 2.43. The average Bonchev–Trinajstić information content (AvgIpc) is 3.30. The molecule has 2 saturated heterocycles. The number of nitriles is 1. The molecule has 0 bridgehead atoms. The summed E-state index contributed by atoms with van der Waals surface area (Å²) >= 11 is 0. The maximum Gasteiger partial charge on any atom is 0.417 e. The molecule has 2 fully saturated rings. The van der Waals surface area contributed by atoms with E-state index >= 15 is 0 Å². The summed E-state index contributed by atoms with van der Waals surface area (Å²) in [5.74, 6) is -0.899. The normalized spacial score (nSPS) is 21.1. The van der Waals surface area contributed by atoms with Gasteiger partial charge in [-0.3, -0.25) is 14.6 Å². The van der Waals surface area contributed by atoms with E-state index in [-0.39, 0.29) is 30.7 Å². The minimum absolute atomic E-state index is 0.0698. The lowest BCUT2D eigenvalue weighted by Gasteiger charge is -2.37. The van der Waals surface area contributed by atoms with Crippen LogP contribution in [0.1, 0.15) is 29.5 Å². The fourth-order valence-corrected chi connectivity index (χ4v) is 5.25. The van der Waals surface area contributed by atoms with Crippen LogP contribution in [0.4, 0.5) is 18.9 Å². The Morgan fingerprint density at radius 3 is 2.40 bits per heavy atom. The average molecular weight is 486 g/mol. The van der Waals surface area contributed by atoms with Crippen LogP contribution in [-0.4, -0.2) is 47.9 Å². The Kier molecular flexibility index (Phi) is 6.96. The van der Waals surface area contributed by atoms with Crippen molar-refractivity contribution in [1.29, 1.82) is 5.26 Å². The topological polar surface area (TPSA) is 103 Å². The highest BCUT2D eigenvalue weighted by atomic mass is 19.4. The minimum Gasteiger partial charge on any atom is -0.372 e. The number of hydrogen-bond donors (Lipinski definition) is 1. The van der Waals surface area contributed by atoms with E-state index in [9.17, 15) is 22.8 Å². The van der Waals surface area contributed by atoms with Crippen LogP contribution < -0.4 is 10.6 Å². The molecule has 0 aliphatic carbocycles. The van der Waals surface area contributed by atoms with Crippen molar-refractivity contribution in [3.8, 4) is 6.07 Å². The molecule has 2 amide bonds. The molecule has 0 spiro atoms. The second-order valence-electron chi connectivity index (χ2n) is 9.17. The molecule has 35 heavy (non-hydrogen) atoms. The molecule has 2 aromatic rings. The first kappa shape index (κ1) is 24.5. The summed E-state index contributed by atoms with van der Waals surface area (Å²) in [5.41, 5.74) is 5.61. The smallest absolute Gasteiger partial charge is 0.372 e. The predicted molar refractivity (Wildman–Crippen MR) is 122 cm³/mol. The van der Waals surface area contributed by atoms with Crippen molar-refractivity contribution in [2.24, 2.45) is 23.5 Å². The highest BCUT2D eigenvalue weighted by Crippen LogP contribution is 2.39. The number of aromatic nitrogens is 1. The van der Waals surface area contributed by atoms with Gasteiger partial charge in [-0.2, -0.15) is 18.4 Å². The van der Waals surface area contributed by atoms with Gasteiger partial charge < -0.3 is 15.5 Å². The molecule has 2 atom stereocenters. The minimum atomic E-state index is -4.61. The SMILES string of the molecule is N#Cc1ccc(N2CCC(C3CN(C(=O)Cc4ccncc4)CC3C(N)=O)CC2)cc1C(F)(F)F. The van der Waals surface area contributed by atoms with Gasteiger partial charge in [0.2, 0.25) is 11.8 Å². The van der Waals surface area contributed by atoms with Crippen molar-refractivity contribution in [2.45, 2.75) is 25.4 Å². The van der Waals surface area contributed by atoms with Gasteiger partial charge in [-0.25, -0.2) is 0 Å². The molecule has 2 N–H and O–H groups in total. The fraction of sp³-hybridized carbons (Fsp3) is 0.440. The Bertz CT molecular complexity index is 1120. The molecule has 2 aliphatic rings. The number of alkyl halides is 3. The van der Waals surface area contributed by atoms with E-state index in [4.69, 9.17) is 11.0 Å². The molecule has 2 unspecified atom stereocenters. The maximum atomic E-state index is 13.4. The number of pyridine rings is 1. The van der Waals surface area contributed by atoms with Crippen LogP contribution in [0.5, 0.6) is 0 Å². The monoisotopic (exact) mass is 485 g/mol. The zero-order valence-electron chi connectivity index (χ0n) is 19.0. The van der Waals surface area contributed by atoms with E-state index in [0.29, 0.717) is 38.2 Å². The number of likely N-dealkylation sites (tertiary alicyclic amines) is 1. The second kappa shape index (κ2) is 9.94. The first-order valence-electron chi connectivity index (χ1n) is 11.5. The van der Waals surface area contributed by atoms with E-state index in [0.717, 1.165) is 11.6 Å². The van der Waals surface area contributed by atoms with Gasteiger partial charge in [0.05, 0.1) is 29.5 Å². The van der Waals surface area contributed by atoms with E-state index in [1.54, 1.807) is 35.5 Å². The molecule has 10 heteroatoms. The van der Waals surface area contributed by atoms with Crippen LogP contribution in [0.25, 0.3) is 0 Å². The second-order valence-corrected chi connectivity index (χ2v) is 9.17. The molecule has 3 heterocycles. The quantitative estimate of drug-likeness (QED) is 0.701. The molecule has 0 saturated carbocycles. The molecule has 0 radical (unpaired) electrons.